The molecule has 0 amide bonds. The molecule has 0 aliphatic rings. The van der Waals surface area contributed by atoms with Crippen LogP contribution < -0.4 is 11.5 Å². The largest absolute Gasteiger partial charge is 0.398 e. The molecule has 0 bridgehead atoms. The minimum Gasteiger partial charge on any atom is -0.398 e. The van der Waals surface area contributed by atoms with E-state index in [4.69, 9.17) is 11.5 Å². The molecule has 94 valence electrons. The summed E-state index contributed by atoms with van der Waals surface area (Å²) in [5, 5.41) is 0. The molecule has 2 nitrogen and oxygen atoms in total. The van der Waals surface area contributed by atoms with Gasteiger partial charge in [0, 0.05) is 17.3 Å². The maximum absolute atomic E-state index is 6.10. The van der Waals surface area contributed by atoms with Crippen LogP contribution in [0.15, 0.2) is 42.5 Å². The second-order valence-corrected chi connectivity index (χ2v) is 4.67. The van der Waals surface area contributed by atoms with Crippen molar-refractivity contribution in [2.75, 3.05) is 11.5 Å². The Morgan fingerprint density at radius 1 is 1.00 bits per heavy atom. The van der Waals surface area contributed by atoms with Crippen LogP contribution in [0.1, 0.15) is 36.5 Å². The summed E-state index contributed by atoms with van der Waals surface area (Å²) in [6, 6.07) is 14.4. The van der Waals surface area contributed by atoms with Gasteiger partial charge >= 0.3 is 0 Å². The van der Waals surface area contributed by atoms with Crippen molar-refractivity contribution >= 4 is 11.4 Å². The average molecular weight is 240 g/mol. The molecular weight excluding hydrogens is 220 g/mol. The van der Waals surface area contributed by atoms with Gasteiger partial charge in [0.1, 0.15) is 0 Å². The summed E-state index contributed by atoms with van der Waals surface area (Å²) in [7, 11) is 0. The van der Waals surface area contributed by atoms with E-state index in [0.717, 1.165) is 23.4 Å². The first-order valence-corrected chi connectivity index (χ1v) is 6.36. The molecule has 0 spiro atoms. The topological polar surface area (TPSA) is 52.0 Å². The molecular formula is C16H20N2. The number of aryl methyl sites for hydroxylation is 1. The molecule has 0 aliphatic carbocycles. The lowest BCUT2D eigenvalue weighted by Gasteiger charge is -2.17. The van der Waals surface area contributed by atoms with Crippen LogP contribution in [-0.2, 0) is 6.42 Å². The highest BCUT2D eigenvalue weighted by Crippen LogP contribution is 2.31. The Balaban J connectivity index is 2.45. The minimum atomic E-state index is 0.289. The molecule has 2 rings (SSSR count). The lowest BCUT2D eigenvalue weighted by Crippen LogP contribution is -2.04. The number of nitrogens with two attached hydrogens (primary N) is 2. The van der Waals surface area contributed by atoms with Gasteiger partial charge in [-0.25, -0.2) is 0 Å². The number of rotatable bonds is 3. The SMILES string of the molecule is CCc1cc(C(C)c2ccccc2)c(N)cc1N. The van der Waals surface area contributed by atoms with Gasteiger partial charge in [0.15, 0.2) is 0 Å². The molecule has 0 aromatic heterocycles. The number of benzene rings is 2. The Labute approximate surface area is 109 Å². The average Bonchev–Trinajstić information content (AvgIpc) is 2.39. The van der Waals surface area contributed by atoms with Crippen molar-refractivity contribution < 1.29 is 0 Å². The van der Waals surface area contributed by atoms with Crippen molar-refractivity contribution in [2.24, 2.45) is 0 Å². The Hall–Kier alpha value is -1.96. The number of hydrogen-bond donors (Lipinski definition) is 2. The van der Waals surface area contributed by atoms with E-state index in [1.807, 2.05) is 12.1 Å². The van der Waals surface area contributed by atoms with Gasteiger partial charge in [-0.2, -0.15) is 0 Å². The van der Waals surface area contributed by atoms with Gasteiger partial charge in [-0.3, -0.25) is 0 Å². The summed E-state index contributed by atoms with van der Waals surface area (Å²) in [6.45, 7) is 4.29. The summed E-state index contributed by atoms with van der Waals surface area (Å²) in [4.78, 5) is 0. The zero-order chi connectivity index (χ0) is 13.1. The fourth-order valence-corrected chi connectivity index (χ4v) is 2.30. The monoisotopic (exact) mass is 240 g/mol. The predicted octanol–water partition coefficient (Wildman–Crippen LogP) is 3.57. The van der Waals surface area contributed by atoms with Crippen molar-refractivity contribution in [1.82, 2.24) is 0 Å². The van der Waals surface area contributed by atoms with Crippen LogP contribution in [0, 0.1) is 0 Å². The predicted molar refractivity (Wildman–Crippen MR) is 78.6 cm³/mol. The van der Waals surface area contributed by atoms with Gasteiger partial charge in [0.05, 0.1) is 0 Å². The highest BCUT2D eigenvalue weighted by atomic mass is 14.6. The van der Waals surface area contributed by atoms with Gasteiger partial charge in [-0.15, -0.1) is 0 Å². The van der Waals surface area contributed by atoms with Crippen molar-refractivity contribution in [2.45, 2.75) is 26.2 Å². The van der Waals surface area contributed by atoms with E-state index < -0.39 is 0 Å². The Morgan fingerprint density at radius 2 is 1.67 bits per heavy atom. The van der Waals surface area contributed by atoms with Crippen molar-refractivity contribution in [3.8, 4) is 0 Å². The van der Waals surface area contributed by atoms with Gasteiger partial charge in [-0.1, -0.05) is 50.2 Å². The highest BCUT2D eigenvalue weighted by Gasteiger charge is 2.13. The van der Waals surface area contributed by atoms with Crippen molar-refractivity contribution in [3.63, 3.8) is 0 Å². The molecule has 2 heteroatoms. The van der Waals surface area contributed by atoms with Crippen LogP contribution in [0.25, 0.3) is 0 Å². The zero-order valence-electron chi connectivity index (χ0n) is 11.0. The second-order valence-electron chi connectivity index (χ2n) is 4.67. The lowest BCUT2D eigenvalue weighted by molar-refractivity contribution is 0.920. The van der Waals surface area contributed by atoms with Crippen LogP contribution in [0.2, 0.25) is 0 Å². The molecule has 1 atom stereocenters. The lowest BCUT2D eigenvalue weighted by atomic mass is 9.90. The Morgan fingerprint density at radius 3 is 2.28 bits per heavy atom. The van der Waals surface area contributed by atoms with E-state index in [-0.39, 0.29) is 5.92 Å². The summed E-state index contributed by atoms with van der Waals surface area (Å²) < 4.78 is 0. The van der Waals surface area contributed by atoms with Crippen molar-refractivity contribution in [1.29, 1.82) is 0 Å². The smallest absolute Gasteiger partial charge is 0.0373 e. The maximum Gasteiger partial charge on any atom is 0.0373 e. The van der Waals surface area contributed by atoms with Gasteiger partial charge in [0.2, 0.25) is 0 Å². The zero-order valence-corrected chi connectivity index (χ0v) is 11.0. The third kappa shape index (κ3) is 2.33. The first-order chi connectivity index (χ1) is 8.63. The van der Waals surface area contributed by atoms with Crippen LogP contribution in [0.4, 0.5) is 11.4 Å². The van der Waals surface area contributed by atoms with Crippen LogP contribution in [0.3, 0.4) is 0 Å². The molecule has 0 saturated carbocycles. The maximum atomic E-state index is 6.10. The van der Waals surface area contributed by atoms with E-state index in [0.29, 0.717) is 0 Å². The fraction of sp³-hybridized carbons (Fsp3) is 0.250. The molecule has 2 aromatic carbocycles. The van der Waals surface area contributed by atoms with Gasteiger partial charge in [0.25, 0.3) is 0 Å². The molecule has 0 saturated heterocycles. The van der Waals surface area contributed by atoms with E-state index in [9.17, 15) is 0 Å². The van der Waals surface area contributed by atoms with E-state index in [1.54, 1.807) is 0 Å². The summed E-state index contributed by atoms with van der Waals surface area (Å²) >= 11 is 0. The molecule has 1 unspecified atom stereocenters. The van der Waals surface area contributed by atoms with Crippen LogP contribution >= 0.6 is 0 Å². The number of nitrogen functional groups attached to an aromatic ring is 2. The minimum absolute atomic E-state index is 0.289. The third-order valence-corrected chi connectivity index (χ3v) is 3.49. The first kappa shape index (κ1) is 12.5. The van der Waals surface area contributed by atoms with E-state index in [2.05, 4.69) is 44.2 Å². The van der Waals surface area contributed by atoms with Gasteiger partial charge in [-0.05, 0) is 29.2 Å². The molecule has 4 N–H and O–H groups in total. The number of anilines is 2. The quantitative estimate of drug-likeness (QED) is 0.806. The van der Waals surface area contributed by atoms with Crippen molar-refractivity contribution in [3.05, 3.63) is 59.2 Å². The first-order valence-electron chi connectivity index (χ1n) is 6.36. The van der Waals surface area contributed by atoms with E-state index >= 15 is 0 Å². The second kappa shape index (κ2) is 5.13. The van der Waals surface area contributed by atoms with Crippen LogP contribution in [0.5, 0.6) is 0 Å². The molecule has 18 heavy (non-hydrogen) atoms. The normalized spacial score (nSPS) is 12.3. The van der Waals surface area contributed by atoms with E-state index in [1.165, 1.54) is 11.1 Å². The Bertz CT molecular complexity index is 532. The summed E-state index contributed by atoms with van der Waals surface area (Å²) in [5.74, 6) is 0.289. The fourth-order valence-electron chi connectivity index (χ4n) is 2.30. The highest BCUT2D eigenvalue weighted by molar-refractivity contribution is 5.63. The standard InChI is InChI=1S/C16H20N2/c1-3-12-9-14(16(18)10-15(12)17)11(2)13-7-5-4-6-8-13/h4-11H,3,17-18H2,1-2H3. The molecule has 0 aliphatic heterocycles. The third-order valence-electron chi connectivity index (χ3n) is 3.49. The Kier molecular flexibility index (Phi) is 3.56. The molecule has 0 heterocycles. The molecule has 2 aromatic rings. The number of hydrogen-bond acceptors (Lipinski definition) is 2. The molecule has 0 fully saturated rings. The van der Waals surface area contributed by atoms with Crippen LogP contribution in [-0.4, -0.2) is 0 Å². The molecule has 0 radical (unpaired) electrons. The summed E-state index contributed by atoms with van der Waals surface area (Å²) in [6.07, 6.45) is 0.931. The van der Waals surface area contributed by atoms with Gasteiger partial charge < -0.3 is 11.5 Å². The summed E-state index contributed by atoms with van der Waals surface area (Å²) in [5.41, 5.74) is 17.2.